The third kappa shape index (κ3) is 1.62. The Labute approximate surface area is 84.1 Å². The first-order chi connectivity index (χ1) is 7.73. The lowest BCUT2D eigenvalue weighted by Gasteiger charge is -2.19. The maximum atomic E-state index is 7.48. The molecule has 0 amide bonds. The molecule has 0 aliphatic carbocycles. The van der Waals surface area contributed by atoms with Gasteiger partial charge in [0.15, 0.2) is 11.5 Å². The summed E-state index contributed by atoms with van der Waals surface area (Å²) >= 11 is 0. The van der Waals surface area contributed by atoms with Gasteiger partial charge in [0.05, 0.1) is 5.48 Å². The zero-order valence-electron chi connectivity index (χ0n) is 11.6. The molecule has 1 aliphatic heterocycles. The van der Waals surface area contributed by atoms with E-state index in [9.17, 15) is 0 Å². The molecule has 1 aliphatic rings. The van der Waals surface area contributed by atoms with Crippen LogP contribution in [0.25, 0.3) is 0 Å². The largest absolute Gasteiger partial charge is 0.486 e. The van der Waals surface area contributed by atoms with Crippen molar-refractivity contribution in [3.05, 3.63) is 23.8 Å². The van der Waals surface area contributed by atoms with Crippen molar-refractivity contribution in [3.63, 3.8) is 0 Å². The minimum absolute atomic E-state index is 0.231. The summed E-state index contributed by atoms with van der Waals surface area (Å²) < 4.78 is 39.9. The van der Waals surface area contributed by atoms with Crippen molar-refractivity contribution in [3.8, 4) is 11.5 Å². The molecule has 2 nitrogen and oxygen atoms in total. The van der Waals surface area contributed by atoms with E-state index in [1.165, 1.54) is 0 Å². The van der Waals surface area contributed by atoms with Crippen LogP contribution in [0.5, 0.6) is 11.5 Å². The highest BCUT2D eigenvalue weighted by Crippen LogP contribution is 2.32. The predicted molar refractivity (Wildman–Crippen MR) is 51.5 cm³/mol. The zero-order valence-corrected chi connectivity index (χ0v) is 7.63. The van der Waals surface area contributed by atoms with Crippen LogP contribution in [0.15, 0.2) is 18.2 Å². The summed E-state index contributed by atoms with van der Waals surface area (Å²) in [6.07, 6.45) is 0. The molecule has 13 heavy (non-hydrogen) atoms. The Kier molecular flexibility index (Phi) is 1.24. The van der Waals surface area contributed by atoms with Crippen LogP contribution in [0.1, 0.15) is 30.8 Å². The van der Waals surface area contributed by atoms with Gasteiger partial charge < -0.3 is 9.47 Å². The summed E-state index contributed by atoms with van der Waals surface area (Å²) in [5.41, 5.74) is 0.991. The van der Waals surface area contributed by atoms with Gasteiger partial charge in [-0.3, -0.25) is 0 Å². The Hall–Kier alpha value is -1.18. The maximum Gasteiger partial charge on any atom is 0.161 e. The Morgan fingerprint density at radius 3 is 2.62 bits per heavy atom. The molecule has 2 heteroatoms. The Morgan fingerprint density at radius 1 is 1.23 bits per heavy atom. The van der Waals surface area contributed by atoms with E-state index in [1.807, 2.05) is 19.9 Å². The van der Waals surface area contributed by atoms with Gasteiger partial charge in [-0.05, 0) is 23.6 Å². The van der Waals surface area contributed by atoms with Gasteiger partial charge in [0, 0.05) is 0 Å². The lowest BCUT2D eigenvalue weighted by Crippen LogP contribution is -2.15. The van der Waals surface area contributed by atoms with Crippen molar-refractivity contribution >= 4 is 0 Å². The predicted octanol–water partition coefficient (Wildman–Crippen LogP) is 2.58. The number of ether oxygens (including phenoxy) is 2. The quantitative estimate of drug-likeness (QED) is 0.664. The summed E-state index contributed by atoms with van der Waals surface area (Å²) in [5.74, 6) is 0.763. The van der Waals surface area contributed by atoms with Crippen LogP contribution < -0.4 is 9.47 Å². The molecule has 0 spiro atoms. The van der Waals surface area contributed by atoms with Crippen LogP contribution >= 0.6 is 0 Å². The van der Waals surface area contributed by atoms with E-state index in [0.29, 0.717) is 0 Å². The van der Waals surface area contributed by atoms with Crippen LogP contribution in [-0.4, -0.2) is 13.1 Å². The molecule has 1 aromatic rings. The number of hydrogen-bond donors (Lipinski definition) is 0. The highest BCUT2D eigenvalue weighted by molar-refractivity contribution is 5.44. The van der Waals surface area contributed by atoms with E-state index in [2.05, 4.69) is 0 Å². The number of benzene rings is 1. The SMILES string of the molecule is [2H]C1([2H])Oc2ccc(C(C)C)cc2OC1([2H])[2H]. The van der Waals surface area contributed by atoms with Crippen LogP contribution in [-0.2, 0) is 0 Å². The van der Waals surface area contributed by atoms with Crippen LogP contribution in [0.4, 0.5) is 0 Å². The lowest BCUT2D eigenvalue weighted by molar-refractivity contribution is 0.171. The molecular weight excluding hydrogens is 164 g/mol. The molecule has 0 bridgehead atoms. The number of fused-ring (bicyclic) bond motifs is 1. The molecule has 1 heterocycles. The van der Waals surface area contributed by atoms with Gasteiger partial charge in [-0.25, -0.2) is 0 Å². The molecule has 0 radical (unpaired) electrons. The fraction of sp³-hybridized carbons (Fsp3) is 0.455. The molecule has 0 atom stereocenters. The standard InChI is InChI=1S/C11H14O2/c1-8(2)9-3-4-10-11(7-9)13-6-5-12-10/h3-4,7-8H,5-6H2,1-2H3/i5D2,6D2. The van der Waals surface area contributed by atoms with E-state index < -0.39 is 13.1 Å². The van der Waals surface area contributed by atoms with Gasteiger partial charge in [0.2, 0.25) is 0 Å². The minimum atomic E-state index is -2.49. The summed E-state index contributed by atoms with van der Waals surface area (Å²) in [5, 5.41) is 0. The lowest BCUT2D eigenvalue weighted by atomic mass is 10.0. The molecule has 1 aromatic carbocycles. The fourth-order valence-corrected chi connectivity index (χ4v) is 1.20. The second kappa shape index (κ2) is 3.29. The molecule has 0 aromatic heterocycles. The molecule has 0 N–H and O–H groups in total. The van der Waals surface area contributed by atoms with E-state index in [1.54, 1.807) is 12.1 Å². The van der Waals surface area contributed by atoms with Crippen LogP contribution in [0, 0.1) is 0 Å². The molecule has 0 saturated carbocycles. The second-order valence-corrected chi connectivity index (χ2v) is 3.27. The first-order valence-corrected chi connectivity index (χ1v) is 4.25. The van der Waals surface area contributed by atoms with Gasteiger partial charge in [0.1, 0.15) is 13.1 Å². The summed E-state index contributed by atoms with van der Waals surface area (Å²) in [6.45, 7) is -0.951. The van der Waals surface area contributed by atoms with Crippen molar-refractivity contribution < 1.29 is 15.0 Å². The van der Waals surface area contributed by atoms with Gasteiger partial charge in [-0.1, -0.05) is 19.9 Å². The topological polar surface area (TPSA) is 18.5 Å². The van der Waals surface area contributed by atoms with E-state index >= 15 is 0 Å². The Balaban J connectivity index is 2.43. The summed E-state index contributed by atoms with van der Waals surface area (Å²) in [6, 6.07) is 5.12. The molecule has 70 valence electrons. The zero-order chi connectivity index (χ0) is 12.8. The normalized spacial score (nSPS) is 27.0. The monoisotopic (exact) mass is 182 g/mol. The van der Waals surface area contributed by atoms with E-state index in [0.717, 1.165) is 5.56 Å². The highest BCUT2D eigenvalue weighted by Gasteiger charge is 2.12. The molecule has 2 rings (SSSR count). The Morgan fingerprint density at radius 2 is 1.92 bits per heavy atom. The van der Waals surface area contributed by atoms with Crippen molar-refractivity contribution in [2.24, 2.45) is 0 Å². The van der Waals surface area contributed by atoms with Gasteiger partial charge in [-0.15, -0.1) is 0 Å². The molecule has 0 unspecified atom stereocenters. The van der Waals surface area contributed by atoms with Crippen LogP contribution in [0.3, 0.4) is 0 Å². The first-order valence-electron chi connectivity index (χ1n) is 6.25. The third-order valence-electron chi connectivity index (χ3n) is 2.00. The minimum Gasteiger partial charge on any atom is -0.486 e. The van der Waals surface area contributed by atoms with Crippen molar-refractivity contribution in [2.75, 3.05) is 13.1 Å². The molecular formula is C11H14O2. The average molecular weight is 182 g/mol. The van der Waals surface area contributed by atoms with E-state index in [4.69, 9.17) is 15.0 Å². The van der Waals surface area contributed by atoms with Crippen molar-refractivity contribution in [1.82, 2.24) is 0 Å². The maximum absolute atomic E-state index is 7.48. The Bertz CT molecular complexity index is 443. The van der Waals surface area contributed by atoms with Gasteiger partial charge >= 0.3 is 0 Å². The van der Waals surface area contributed by atoms with Gasteiger partial charge in [-0.2, -0.15) is 0 Å². The van der Waals surface area contributed by atoms with Crippen LogP contribution in [0.2, 0.25) is 0 Å². The van der Waals surface area contributed by atoms with E-state index in [-0.39, 0.29) is 17.4 Å². The summed E-state index contributed by atoms with van der Waals surface area (Å²) in [4.78, 5) is 0. The fourth-order valence-electron chi connectivity index (χ4n) is 1.20. The summed E-state index contributed by atoms with van der Waals surface area (Å²) in [7, 11) is 0. The number of rotatable bonds is 1. The average Bonchev–Trinajstić information content (AvgIpc) is 2.17. The highest BCUT2D eigenvalue weighted by atomic mass is 16.6. The third-order valence-corrected chi connectivity index (χ3v) is 2.00. The van der Waals surface area contributed by atoms with Crippen molar-refractivity contribution in [1.29, 1.82) is 0 Å². The number of hydrogen-bond acceptors (Lipinski definition) is 2. The van der Waals surface area contributed by atoms with Gasteiger partial charge in [0.25, 0.3) is 0 Å². The smallest absolute Gasteiger partial charge is 0.161 e. The van der Waals surface area contributed by atoms with Crippen molar-refractivity contribution in [2.45, 2.75) is 19.8 Å². The molecule has 0 fully saturated rings. The first kappa shape index (κ1) is 4.89. The molecule has 0 saturated heterocycles. The second-order valence-electron chi connectivity index (χ2n) is 3.27.